The molecule has 0 unspecified atom stereocenters. The highest BCUT2D eigenvalue weighted by Gasteiger charge is 2.28. The summed E-state index contributed by atoms with van der Waals surface area (Å²) in [6.07, 6.45) is 2.05. The molecule has 0 aliphatic rings. The van der Waals surface area contributed by atoms with Crippen molar-refractivity contribution in [3.05, 3.63) is 59.7 Å². The van der Waals surface area contributed by atoms with Crippen LogP contribution in [-0.4, -0.2) is 57.6 Å². The summed E-state index contributed by atoms with van der Waals surface area (Å²) in [4.78, 5) is 27.7. The first-order valence-electron chi connectivity index (χ1n) is 11.9. The number of amides is 2. The topological polar surface area (TPSA) is 96.0 Å². The SMILES string of the molecule is CCNC(=O)[C@@H](CC)N(Cc1ccccc1C)C(=O)CCCN(c1ccc(OC)cc1)S(C)(=O)=O. The summed E-state index contributed by atoms with van der Waals surface area (Å²) >= 11 is 0. The summed E-state index contributed by atoms with van der Waals surface area (Å²) in [6, 6.07) is 13.9. The highest BCUT2D eigenvalue weighted by atomic mass is 32.2. The second-order valence-electron chi connectivity index (χ2n) is 8.40. The lowest BCUT2D eigenvalue weighted by Crippen LogP contribution is -2.49. The molecule has 0 saturated heterocycles. The molecular formula is C26H37N3O5S. The maximum absolute atomic E-state index is 13.4. The molecule has 35 heavy (non-hydrogen) atoms. The maximum Gasteiger partial charge on any atom is 0.242 e. The number of anilines is 1. The first kappa shape index (κ1) is 28.2. The lowest BCUT2D eigenvalue weighted by Gasteiger charge is -2.31. The zero-order chi connectivity index (χ0) is 26.0. The molecular weight excluding hydrogens is 466 g/mol. The number of carbonyl (C=O) groups excluding carboxylic acids is 2. The third kappa shape index (κ3) is 7.99. The Morgan fingerprint density at radius 2 is 1.71 bits per heavy atom. The van der Waals surface area contributed by atoms with Crippen LogP contribution in [0.3, 0.4) is 0 Å². The number of ether oxygens (including phenoxy) is 1. The minimum absolute atomic E-state index is 0.115. The Kier molecular flexibility index (Phi) is 10.6. The Morgan fingerprint density at radius 1 is 1.06 bits per heavy atom. The summed E-state index contributed by atoms with van der Waals surface area (Å²) in [5, 5.41) is 2.83. The lowest BCUT2D eigenvalue weighted by atomic mass is 10.1. The minimum atomic E-state index is -3.55. The van der Waals surface area contributed by atoms with Crippen LogP contribution < -0.4 is 14.4 Å². The molecule has 192 valence electrons. The molecule has 0 fully saturated rings. The van der Waals surface area contributed by atoms with E-state index in [0.29, 0.717) is 37.4 Å². The molecule has 1 atom stereocenters. The lowest BCUT2D eigenvalue weighted by molar-refractivity contribution is -0.141. The van der Waals surface area contributed by atoms with Crippen LogP contribution >= 0.6 is 0 Å². The van der Waals surface area contributed by atoms with Gasteiger partial charge in [0.15, 0.2) is 0 Å². The Balaban J connectivity index is 2.20. The van der Waals surface area contributed by atoms with E-state index in [0.717, 1.165) is 17.4 Å². The van der Waals surface area contributed by atoms with Crippen molar-refractivity contribution in [2.24, 2.45) is 0 Å². The van der Waals surface area contributed by atoms with Crippen molar-refractivity contribution < 1.29 is 22.7 Å². The number of methoxy groups -OCH3 is 1. The largest absolute Gasteiger partial charge is 0.497 e. The smallest absolute Gasteiger partial charge is 0.242 e. The zero-order valence-corrected chi connectivity index (χ0v) is 22.1. The number of hydrogen-bond acceptors (Lipinski definition) is 5. The van der Waals surface area contributed by atoms with Crippen LogP contribution in [0, 0.1) is 6.92 Å². The van der Waals surface area contributed by atoms with Gasteiger partial charge in [0.05, 0.1) is 19.1 Å². The first-order chi connectivity index (χ1) is 16.6. The molecule has 2 amide bonds. The van der Waals surface area contributed by atoms with Crippen LogP contribution in [0.1, 0.15) is 44.2 Å². The Morgan fingerprint density at radius 3 is 2.26 bits per heavy atom. The standard InChI is InChI=1S/C26H37N3O5S/c1-6-24(26(31)27-7-2)28(19-21-12-9-8-11-20(21)3)25(30)13-10-18-29(35(5,32)33)22-14-16-23(34-4)17-15-22/h8-9,11-12,14-17,24H,6-7,10,13,18-19H2,1-5H3,(H,27,31)/t24-/m1/s1. The van der Waals surface area contributed by atoms with Gasteiger partial charge in [-0.25, -0.2) is 8.42 Å². The molecule has 0 aliphatic carbocycles. The molecule has 2 aromatic carbocycles. The number of likely N-dealkylation sites (N-methyl/N-ethyl adjacent to an activating group) is 1. The maximum atomic E-state index is 13.4. The van der Waals surface area contributed by atoms with E-state index in [1.807, 2.05) is 45.0 Å². The van der Waals surface area contributed by atoms with Crippen molar-refractivity contribution >= 4 is 27.5 Å². The van der Waals surface area contributed by atoms with Crippen LogP contribution in [0.4, 0.5) is 5.69 Å². The van der Waals surface area contributed by atoms with E-state index in [1.165, 1.54) is 4.31 Å². The van der Waals surface area contributed by atoms with Crippen LogP contribution in [0.25, 0.3) is 0 Å². The third-order valence-electron chi connectivity index (χ3n) is 5.85. The molecule has 1 N–H and O–H groups in total. The van der Waals surface area contributed by atoms with E-state index in [1.54, 1.807) is 36.3 Å². The number of rotatable bonds is 13. The van der Waals surface area contributed by atoms with Crippen molar-refractivity contribution in [3.63, 3.8) is 0 Å². The predicted octanol–water partition coefficient (Wildman–Crippen LogP) is 3.49. The second-order valence-corrected chi connectivity index (χ2v) is 10.3. The number of sulfonamides is 1. The molecule has 0 radical (unpaired) electrons. The molecule has 0 saturated carbocycles. The molecule has 2 rings (SSSR count). The molecule has 0 heterocycles. The number of aryl methyl sites for hydroxylation is 1. The summed E-state index contributed by atoms with van der Waals surface area (Å²) in [6.45, 7) is 6.64. The van der Waals surface area contributed by atoms with Crippen molar-refractivity contribution in [1.82, 2.24) is 10.2 Å². The van der Waals surface area contributed by atoms with Gasteiger partial charge in [-0.1, -0.05) is 31.2 Å². The van der Waals surface area contributed by atoms with E-state index < -0.39 is 16.1 Å². The Bertz CT molecular complexity index is 1090. The van der Waals surface area contributed by atoms with E-state index in [-0.39, 0.29) is 24.8 Å². The fraction of sp³-hybridized carbons (Fsp3) is 0.462. The van der Waals surface area contributed by atoms with Gasteiger partial charge in [0.2, 0.25) is 21.8 Å². The molecule has 0 aliphatic heterocycles. The van der Waals surface area contributed by atoms with Crippen LogP contribution in [0.5, 0.6) is 5.75 Å². The normalized spacial score (nSPS) is 12.0. The summed E-state index contributed by atoms with van der Waals surface area (Å²) in [5.74, 6) is 0.252. The van der Waals surface area contributed by atoms with E-state index >= 15 is 0 Å². The fourth-order valence-corrected chi connectivity index (χ4v) is 4.90. The first-order valence-corrected chi connectivity index (χ1v) is 13.7. The van der Waals surface area contributed by atoms with Crippen molar-refractivity contribution in [3.8, 4) is 5.75 Å². The average molecular weight is 504 g/mol. The van der Waals surface area contributed by atoms with E-state index in [4.69, 9.17) is 4.74 Å². The second kappa shape index (κ2) is 13.1. The van der Waals surface area contributed by atoms with Gasteiger partial charge in [-0.15, -0.1) is 0 Å². The third-order valence-corrected chi connectivity index (χ3v) is 7.05. The summed E-state index contributed by atoms with van der Waals surface area (Å²) in [7, 11) is -2.00. The van der Waals surface area contributed by atoms with Gasteiger partial charge in [-0.05, 0) is 62.1 Å². The quantitative estimate of drug-likeness (QED) is 0.451. The monoisotopic (exact) mass is 503 g/mol. The Labute approximate surface area is 209 Å². The highest BCUT2D eigenvalue weighted by Crippen LogP contribution is 2.23. The number of hydrogen-bond donors (Lipinski definition) is 1. The van der Waals surface area contributed by atoms with Gasteiger partial charge in [0, 0.05) is 26.1 Å². The van der Waals surface area contributed by atoms with Gasteiger partial charge in [-0.2, -0.15) is 0 Å². The van der Waals surface area contributed by atoms with Crippen molar-refractivity contribution in [1.29, 1.82) is 0 Å². The van der Waals surface area contributed by atoms with Crippen molar-refractivity contribution in [2.75, 3.05) is 30.8 Å². The summed E-state index contributed by atoms with van der Waals surface area (Å²) in [5.41, 5.74) is 2.52. The highest BCUT2D eigenvalue weighted by molar-refractivity contribution is 7.92. The van der Waals surface area contributed by atoms with E-state index in [2.05, 4.69) is 5.32 Å². The van der Waals surface area contributed by atoms with Gasteiger partial charge >= 0.3 is 0 Å². The average Bonchev–Trinajstić information content (AvgIpc) is 2.82. The number of benzene rings is 2. The van der Waals surface area contributed by atoms with Gasteiger partial charge < -0.3 is 15.0 Å². The van der Waals surface area contributed by atoms with Gasteiger partial charge in [0.1, 0.15) is 11.8 Å². The number of nitrogens with zero attached hydrogens (tertiary/aromatic N) is 2. The minimum Gasteiger partial charge on any atom is -0.497 e. The molecule has 0 aromatic heterocycles. The molecule has 8 nitrogen and oxygen atoms in total. The molecule has 2 aromatic rings. The molecule has 0 spiro atoms. The molecule has 0 bridgehead atoms. The van der Waals surface area contributed by atoms with Crippen LogP contribution in [0.15, 0.2) is 48.5 Å². The van der Waals surface area contributed by atoms with Crippen LogP contribution in [-0.2, 0) is 26.2 Å². The van der Waals surface area contributed by atoms with Crippen LogP contribution in [0.2, 0.25) is 0 Å². The Hall–Kier alpha value is -3.07. The van der Waals surface area contributed by atoms with Crippen molar-refractivity contribution in [2.45, 2.75) is 52.6 Å². The number of carbonyl (C=O) groups is 2. The summed E-state index contributed by atoms with van der Waals surface area (Å²) < 4.78 is 31.3. The van der Waals surface area contributed by atoms with Gasteiger partial charge in [-0.3, -0.25) is 13.9 Å². The van der Waals surface area contributed by atoms with E-state index in [9.17, 15) is 18.0 Å². The number of nitrogens with one attached hydrogen (secondary N) is 1. The van der Waals surface area contributed by atoms with Gasteiger partial charge in [0.25, 0.3) is 0 Å². The fourth-order valence-electron chi connectivity index (χ4n) is 3.93. The predicted molar refractivity (Wildman–Crippen MR) is 139 cm³/mol. The molecule has 9 heteroatoms. The zero-order valence-electron chi connectivity index (χ0n) is 21.3.